The van der Waals surface area contributed by atoms with E-state index >= 15 is 0 Å². The molecule has 30 heavy (non-hydrogen) atoms. The average molecular weight is 398 g/mol. The smallest absolute Gasteiger partial charge is 0.291 e. The zero-order valence-electron chi connectivity index (χ0n) is 16.8. The summed E-state index contributed by atoms with van der Waals surface area (Å²) in [7, 11) is 0. The molecule has 5 nitrogen and oxygen atoms in total. The van der Waals surface area contributed by atoms with Crippen LogP contribution in [0.5, 0.6) is 0 Å². The maximum Gasteiger partial charge on any atom is 0.291 e. The van der Waals surface area contributed by atoms with Gasteiger partial charge in [-0.3, -0.25) is 9.59 Å². The molecule has 1 aromatic heterocycles. The van der Waals surface area contributed by atoms with Gasteiger partial charge in [0.1, 0.15) is 5.58 Å². The van der Waals surface area contributed by atoms with Crippen LogP contribution in [-0.4, -0.2) is 11.8 Å². The number of fused-ring (bicyclic) bond motifs is 1. The van der Waals surface area contributed by atoms with Gasteiger partial charge in [-0.05, 0) is 60.0 Å². The van der Waals surface area contributed by atoms with Crippen molar-refractivity contribution in [3.63, 3.8) is 0 Å². The Morgan fingerprint density at radius 2 is 1.37 bits per heavy atom. The standard InChI is InChI=1S/C25H22N2O3/c1-16(2)17-7-9-18(10-8-17)24(28)26-20-11-13-21(14-12-20)27-25(29)23-15-19-5-3-4-6-22(19)30-23/h3-16H,1-2H3,(H,26,28)(H,27,29). The summed E-state index contributed by atoms with van der Waals surface area (Å²) >= 11 is 0. The number of benzene rings is 3. The van der Waals surface area contributed by atoms with Crippen LogP contribution in [0.2, 0.25) is 0 Å². The minimum absolute atomic E-state index is 0.177. The molecule has 2 N–H and O–H groups in total. The Balaban J connectivity index is 1.39. The molecule has 5 heteroatoms. The van der Waals surface area contributed by atoms with Crippen LogP contribution in [0.3, 0.4) is 0 Å². The minimum atomic E-state index is -0.326. The maximum absolute atomic E-state index is 12.4. The number of para-hydroxylation sites is 1. The molecule has 0 unspecified atom stereocenters. The van der Waals surface area contributed by atoms with E-state index in [-0.39, 0.29) is 17.6 Å². The Morgan fingerprint density at radius 3 is 1.97 bits per heavy atom. The van der Waals surface area contributed by atoms with E-state index in [0.717, 1.165) is 5.39 Å². The fraction of sp³-hybridized carbons (Fsp3) is 0.120. The first kappa shape index (κ1) is 19.5. The molecule has 3 aromatic carbocycles. The molecule has 0 radical (unpaired) electrons. The molecule has 4 aromatic rings. The third-order valence-electron chi connectivity index (χ3n) is 4.89. The number of rotatable bonds is 5. The Morgan fingerprint density at radius 1 is 0.767 bits per heavy atom. The van der Waals surface area contributed by atoms with Gasteiger partial charge in [-0.2, -0.15) is 0 Å². The molecule has 0 saturated heterocycles. The monoisotopic (exact) mass is 398 g/mol. The van der Waals surface area contributed by atoms with Gasteiger partial charge in [0.15, 0.2) is 5.76 Å². The topological polar surface area (TPSA) is 71.3 Å². The van der Waals surface area contributed by atoms with Gasteiger partial charge in [0.25, 0.3) is 11.8 Å². The van der Waals surface area contributed by atoms with Crippen LogP contribution in [0.4, 0.5) is 11.4 Å². The van der Waals surface area contributed by atoms with E-state index in [0.29, 0.717) is 28.4 Å². The molecule has 0 aliphatic rings. The summed E-state index contributed by atoms with van der Waals surface area (Å²) in [5, 5.41) is 6.55. The summed E-state index contributed by atoms with van der Waals surface area (Å²) in [6.07, 6.45) is 0. The van der Waals surface area contributed by atoms with Crippen molar-refractivity contribution in [2.24, 2.45) is 0 Å². The molecule has 0 fully saturated rings. The third-order valence-corrected chi connectivity index (χ3v) is 4.89. The Labute approximate surface area is 174 Å². The molecule has 2 amide bonds. The Kier molecular flexibility index (Phi) is 5.35. The van der Waals surface area contributed by atoms with Crippen molar-refractivity contribution in [2.45, 2.75) is 19.8 Å². The van der Waals surface area contributed by atoms with Crippen molar-refractivity contribution >= 4 is 34.2 Å². The van der Waals surface area contributed by atoms with Crippen molar-refractivity contribution in [1.82, 2.24) is 0 Å². The molecule has 0 saturated carbocycles. The van der Waals surface area contributed by atoms with Crippen molar-refractivity contribution in [1.29, 1.82) is 0 Å². The number of hydrogen-bond donors (Lipinski definition) is 2. The molecule has 150 valence electrons. The highest BCUT2D eigenvalue weighted by Crippen LogP contribution is 2.21. The van der Waals surface area contributed by atoms with E-state index in [1.807, 2.05) is 48.5 Å². The molecule has 0 aliphatic heterocycles. The third kappa shape index (κ3) is 4.25. The summed E-state index contributed by atoms with van der Waals surface area (Å²) in [6, 6.07) is 23.7. The predicted octanol–water partition coefficient (Wildman–Crippen LogP) is 6.06. The highest BCUT2D eigenvalue weighted by Gasteiger charge is 2.13. The number of nitrogens with one attached hydrogen (secondary N) is 2. The summed E-state index contributed by atoms with van der Waals surface area (Å²) in [5.74, 6) is 0.167. The minimum Gasteiger partial charge on any atom is -0.451 e. The van der Waals surface area contributed by atoms with Crippen molar-refractivity contribution in [3.05, 3.63) is 95.7 Å². The van der Waals surface area contributed by atoms with Crippen LogP contribution in [0.15, 0.2) is 83.3 Å². The van der Waals surface area contributed by atoms with Gasteiger partial charge in [-0.15, -0.1) is 0 Å². The Bertz CT molecular complexity index is 1160. The van der Waals surface area contributed by atoms with E-state index in [1.54, 1.807) is 30.3 Å². The quantitative estimate of drug-likeness (QED) is 0.429. The lowest BCUT2D eigenvalue weighted by Crippen LogP contribution is -2.13. The largest absolute Gasteiger partial charge is 0.451 e. The van der Waals surface area contributed by atoms with Crippen LogP contribution >= 0.6 is 0 Å². The van der Waals surface area contributed by atoms with E-state index in [1.165, 1.54) is 5.56 Å². The second kappa shape index (κ2) is 8.25. The van der Waals surface area contributed by atoms with Gasteiger partial charge in [0, 0.05) is 22.3 Å². The van der Waals surface area contributed by atoms with Crippen LogP contribution < -0.4 is 10.6 Å². The molecule has 0 atom stereocenters. The van der Waals surface area contributed by atoms with E-state index in [4.69, 9.17) is 4.42 Å². The van der Waals surface area contributed by atoms with Crippen LogP contribution in [0.1, 0.15) is 46.2 Å². The van der Waals surface area contributed by atoms with Gasteiger partial charge >= 0.3 is 0 Å². The number of amides is 2. The highest BCUT2D eigenvalue weighted by atomic mass is 16.3. The number of furan rings is 1. The summed E-state index contributed by atoms with van der Waals surface area (Å²) in [4.78, 5) is 24.9. The lowest BCUT2D eigenvalue weighted by atomic mass is 10.0. The predicted molar refractivity (Wildman–Crippen MR) is 119 cm³/mol. The van der Waals surface area contributed by atoms with Gasteiger partial charge in [-0.25, -0.2) is 0 Å². The maximum atomic E-state index is 12.4. The average Bonchev–Trinajstić information content (AvgIpc) is 3.20. The SMILES string of the molecule is CC(C)c1ccc(C(=O)Nc2ccc(NC(=O)c3cc4ccccc4o3)cc2)cc1. The lowest BCUT2D eigenvalue weighted by Gasteiger charge is -2.09. The van der Waals surface area contributed by atoms with E-state index < -0.39 is 0 Å². The second-order valence-corrected chi connectivity index (χ2v) is 7.41. The van der Waals surface area contributed by atoms with E-state index in [2.05, 4.69) is 24.5 Å². The molecular formula is C25H22N2O3. The van der Waals surface area contributed by atoms with Gasteiger partial charge in [0.2, 0.25) is 0 Å². The fourth-order valence-corrected chi connectivity index (χ4v) is 3.15. The molecular weight excluding hydrogens is 376 g/mol. The molecule has 0 bridgehead atoms. The van der Waals surface area contributed by atoms with Crippen LogP contribution in [0, 0.1) is 0 Å². The lowest BCUT2D eigenvalue weighted by molar-refractivity contribution is 0.0996. The summed E-state index contributed by atoms with van der Waals surface area (Å²) in [5.41, 5.74) is 3.72. The zero-order chi connectivity index (χ0) is 21.1. The first-order valence-corrected chi connectivity index (χ1v) is 9.81. The number of carbonyl (C=O) groups excluding carboxylic acids is 2. The first-order valence-electron chi connectivity index (χ1n) is 9.81. The second-order valence-electron chi connectivity index (χ2n) is 7.41. The molecule has 1 heterocycles. The van der Waals surface area contributed by atoms with Crippen LogP contribution in [0.25, 0.3) is 11.0 Å². The summed E-state index contributed by atoms with van der Waals surface area (Å²) in [6.45, 7) is 4.23. The van der Waals surface area contributed by atoms with Crippen molar-refractivity contribution < 1.29 is 14.0 Å². The van der Waals surface area contributed by atoms with Crippen molar-refractivity contribution in [3.8, 4) is 0 Å². The van der Waals surface area contributed by atoms with Crippen LogP contribution in [-0.2, 0) is 0 Å². The van der Waals surface area contributed by atoms with E-state index in [9.17, 15) is 9.59 Å². The van der Waals surface area contributed by atoms with Crippen molar-refractivity contribution in [2.75, 3.05) is 10.6 Å². The molecule has 0 spiro atoms. The van der Waals surface area contributed by atoms with Gasteiger partial charge in [0.05, 0.1) is 0 Å². The fourth-order valence-electron chi connectivity index (χ4n) is 3.15. The number of hydrogen-bond acceptors (Lipinski definition) is 3. The zero-order valence-corrected chi connectivity index (χ0v) is 16.8. The molecule has 4 rings (SSSR count). The van der Waals surface area contributed by atoms with Gasteiger partial charge in [-0.1, -0.05) is 44.2 Å². The summed E-state index contributed by atoms with van der Waals surface area (Å²) < 4.78 is 5.58. The Hall–Kier alpha value is -3.86. The molecule has 0 aliphatic carbocycles. The normalized spacial score (nSPS) is 10.9. The first-order chi connectivity index (χ1) is 14.5. The number of anilines is 2. The van der Waals surface area contributed by atoms with Gasteiger partial charge < -0.3 is 15.1 Å². The highest BCUT2D eigenvalue weighted by molar-refractivity contribution is 6.06. The number of carbonyl (C=O) groups is 2.